The highest BCUT2D eigenvalue weighted by atomic mass is 79.9. The third kappa shape index (κ3) is 6.11. The molecule has 2 aromatic carbocycles. The molecule has 0 aliphatic rings. The number of hydrazone groups is 1. The third-order valence-corrected chi connectivity index (χ3v) is 5.50. The minimum atomic E-state index is -3.69. The van der Waals surface area contributed by atoms with Gasteiger partial charge in [0.15, 0.2) is 0 Å². The zero-order valence-electron chi connectivity index (χ0n) is 15.2. The number of halogens is 1. The molecule has 26 heavy (non-hydrogen) atoms. The number of allylic oxidation sites excluding steroid dienone is 2. The van der Waals surface area contributed by atoms with E-state index in [0.717, 1.165) is 22.0 Å². The Hall–Kier alpha value is -1.92. The van der Waals surface area contributed by atoms with Crippen LogP contribution in [0.5, 0.6) is 0 Å². The Labute approximate surface area is 164 Å². The molecule has 6 heteroatoms. The summed E-state index contributed by atoms with van der Waals surface area (Å²) in [6.45, 7) is 5.99. The fourth-order valence-electron chi connectivity index (χ4n) is 2.29. The minimum Gasteiger partial charge on any atom is -0.200 e. The van der Waals surface area contributed by atoms with Crippen molar-refractivity contribution in [3.8, 4) is 0 Å². The van der Waals surface area contributed by atoms with E-state index >= 15 is 0 Å². The molecule has 0 bridgehead atoms. The second-order valence-corrected chi connectivity index (χ2v) is 8.87. The summed E-state index contributed by atoms with van der Waals surface area (Å²) in [5, 5.41) is 4.23. The van der Waals surface area contributed by atoms with E-state index in [0.29, 0.717) is 12.1 Å². The number of benzene rings is 2. The fourth-order valence-corrected chi connectivity index (χ4v) is 3.38. The van der Waals surface area contributed by atoms with E-state index in [9.17, 15) is 8.42 Å². The smallest absolute Gasteiger partial charge is 0.200 e. The summed E-state index contributed by atoms with van der Waals surface area (Å²) in [4.78, 5) is 2.57. The second kappa shape index (κ2) is 9.14. The number of rotatable bonds is 7. The van der Waals surface area contributed by atoms with Crippen LogP contribution in [0.15, 0.2) is 74.6 Å². The van der Waals surface area contributed by atoms with Gasteiger partial charge in [-0.05, 0) is 63.4 Å². The molecule has 0 heterocycles. The standard InChI is InChI=1S/C20H23BrN2O2S/c1-15(2)5-4-6-20(17-9-11-18(21)12-10-17)22-23-26(24,25)19-13-7-16(3)8-14-19/h5,7-14,23H,4,6H2,1-3H3/b22-20+. The molecular weight excluding hydrogens is 412 g/mol. The first-order chi connectivity index (χ1) is 12.3. The minimum absolute atomic E-state index is 0.200. The van der Waals surface area contributed by atoms with Gasteiger partial charge < -0.3 is 0 Å². The van der Waals surface area contributed by atoms with Gasteiger partial charge in [0.2, 0.25) is 0 Å². The average molecular weight is 435 g/mol. The van der Waals surface area contributed by atoms with Gasteiger partial charge in [-0.3, -0.25) is 0 Å². The van der Waals surface area contributed by atoms with Crippen molar-refractivity contribution in [1.29, 1.82) is 0 Å². The molecular formula is C20H23BrN2O2S. The van der Waals surface area contributed by atoms with Crippen LogP contribution in [0.2, 0.25) is 0 Å². The SMILES string of the molecule is CC(C)=CCC/C(=N\NS(=O)(=O)c1ccc(C)cc1)c1ccc(Br)cc1. The summed E-state index contributed by atoms with van der Waals surface area (Å²) in [6.07, 6.45) is 3.55. The topological polar surface area (TPSA) is 58.5 Å². The van der Waals surface area contributed by atoms with Crippen molar-refractivity contribution in [1.82, 2.24) is 4.83 Å². The van der Waals surface area contributed by atoms with Crippen LogP contribution in [-0.2, 0) is 10.0 Å². The first-order valence-corrected chi connectivity index (χ1v) is 10.6. The normalized spacial score (nSPS) is 11.9. The van der Waals surface area contributed by atoms with Crippen molar-refractivity contribution in [2.45, 2.75) is 38.5 Å². The summed E-state index contributed by atoms with van der Waals surface area (Å²) in [5.74, 6) is 0. The molecule has 0 aliphatic carbocycles. The zero-order chi connectivity index (χ0) is 19.2. The van der Waals surface area contributed by atoms with Gasteiger partial charge >= 0.3 is 0 Å². The lowest BCUT2D eigenvalue weighted by Crippen LogP contribution is -2.20. The third-order valence-electron chi connectivity index (χ3n) is 3.74. The number of hydrogen-bond acceptors (Lipinski definition) is 3. The van der Waals surface area contributed by atoms with Crippen LogP contribution < -0.4 is 4.83 Å². The Bertz CT molecular complexity index is 896. The number of sulfonamides is 1. The number of aryl methyl sites for hydroxylation is 1. The molecule has 138 valence electrons. The van der Waals surface area contributed by atoms with Gasteiger partial charge in [-0.2, -0.15) is 18.4 Å². The molecule has 0 spiro atoms. The summed E-state index contributed by atoms with van der Waals surface area (Å²) in [7, 11) is -3.69. The van der Waals surface area contributed by atoms with Crippen molar-refractivity contribution < 1.29 is 8.42 Å². The Morgan fingerprint density at radius 2 is 1.69 bits per heavy atom. The Morgan fingerprint density at radius 3 is 2.27 bits per heavy atom. The van der Waals surface area contributed by atoms with E-state index in [1.165, 1.54) is 5.57 Å². The summed E-state index contributed by atoms with van der Waals surface area (Å²) in [6, 6.07) is 14.4. The van der Waals surface area contributed by atoms with Crippen LogP contribution in [-0.4, -0.2) is 14.1 Å². The van der Waals surface area contributed by atoms with Crippen LogP contribution in [0.3, 0.4) is 0 Å². The quantitative estimate of drug-likeness (QED) is 0.370. The summed E-state index contributed by atoms with van der Waals surface area (Å²) in [5.41, 5.74) is 3.82. The molecule has 4 nitrogen and oxygen atoms in total. The van der Waals surface area contributed by atoms with Crippen LogP contribution >= 0.6 is 15.9 Å². The van der Waals surface area contributed by atoms with Gasteiger partial charge in [-0.1, -0.05) is 57.4 Å². The molecule has 0 atom stereocenters. The number of nitrogens with zero attached hydrogens (tertiary/aromatic N) is 1. The van der Waals surface area contributed by atoms with Crippen LogP contribution in [0.25, 0.3) is 0 Å². The molecule has 0 saturated carbocycles. The number of hydrogen-bond donors (Lipinski definition) is 1. The van der Waals surface area contributed by atoms with E-state index in [2.05, 4.69) is 31.9 Å². The highest BCUT2D eigenvalue weighted by molar-refractivity contribution is 9.10. The lowest BCUT2D eigenvalue weighted by molar-refractivity contribution is 0.584. The van der Waals surface area contributed by atoms with Crippen LogP contribution in [0, 0.1) is 6.92 Å². The Kier molecular flexibility index (Phi) is 7.17. The molecule has 0 fully saturated rings. The Balaban J connectivity index is 2.26. The van der Waals surface area contributed by atoms with Crippen molar-refractivity contribution in [3.05, 3.63) is 75.8 Å². The molecule has 2 rings (SSSR count). The summed E-state index contributed by atoms with van der Waals surface area (Å²) >= 11 is 3.41. The molecule has 1 N–H and O–H groups in total. The number of nitrogens with one attached hydrogen (secondary N) is 1. The van der Waals surface area contributed by atoms with Crippen LogP contribution in [0.4, 0.5) is 0 Å². The summed E-state index contributed by atoms with van der Waals surface area (Å²) < 4.78 is 25.9. The lowest BCUT2D eigenvalue weighted by atomic mass is 10.1. The fraction of sp³-hybridized carbons (Fsp3) is 0.250. The van der Waals surface area contributed by atoms with Crippen molar-refractivity contribution >= 4 is 31.7 Å². The van der Waals surface area contributed by atoms with Crippen LogP contribution in [0.1, 0.15) is 37.8 Å². The van der Waals surface area contributed by atoms with Crippen molar-refractivity contribution in [3.63, 3.8) is 0 Å². The van der Waals surface area contributed by atoms with Gasteiger partial charge in [0.1, 0.15) is 0 Å². The van der Waals surface area contributed by atoms with E-state index in [1.807, 2.05) is 45.0 Å². The lowest BCUT2D eigenvalue weighted by Gasteiger charge is -2.09. The molecule has 0 amide bonds. The largest absolute Gasteiger partial charge is 0.276 e. The molecule has 0 aliphatic heterocycles. The maximum absolute atomic E-state index is 12.5. The molecule has 0 aromatic heterocycles. The van der Waals surface area contributed by atoms with E-state index < -0.39 is 10.0 Å². The second-order valence-electron chi connectivity index (χ2n) is 6.29. The van der Waals surface area contributed by atoms with Crippen molar-refractivity contribution in [2.24, 2.45) is 5.10 Å². The van der Waals surface area contributed by atoms with Gasteiger partial charge in [0, 0.05) is 4.47 Å². The molecule has 0 saturated heterocycles. The maximum Gasteiger partial charge on any atom is 0.276 e. The highest BCUT2D eigenvalue weighted by Crippen LogP contribution is 2.15. The van der Waals surface area contributed by atoms with E-state index in [1.54, 1.807) is 24.3 Å². The predicted molar refractivity (Wildman–Crippen MR) is 111 cm³/mol. The zero-order valence-corrected chi connectivity index (χ0v) is 17.6. The van der Waals surface area contributed by atoms with E-state index in [4.69, 9.17) is 0 Å². The van der Waals surface area contributed by atoms with Gasteiger partial charge in [0.25, 0.3) is 10.0 Å². The molecule has 0 unspecified atom stereocenters. The first kappa shape index (κ1) is 20.4. The van der Waals surface area contributed by atoms with Gasteiger partial charge in [-0.25, -0.2) is 0 Å². The van der Waals surface area contributed by atoms with Gasteiger partial charge in [-0.15, -0.1) is 0 Å². The van der Waals surface area contributed by atoms with E-state index in [-0.39, 0.29) is 4.90 Å². The predicted octanol–water partition coefficient (Wildman–Crippen LogP) is 5.19. The first-order valence-electron chi connectivity index (χ1n) is 8.32. The molecule has 0 radical (unpaired) electrons. The molecule has 2 aromatic rings. The van der Waals surface area contributed by atoms with Crippen molar-refractivity contribution in [2.75, 3.05) is 0 Å². The maximum atomic E-state index is 12.5. The Morgan fingerprint density at radius 1 is 1.08 bits per heavy atom. The highest BCUT2D eigenvalue weighted by Gasteiger charge is 2.13. The average Bonchev–Trinajstić information content (AvgIpc) is 2.59. The van der Waals surface area contributed by atoms with Gasteiger partial charge in [0.05, 0.1) is 10.6 Å². The monoisotopic (exact) mass is 434 g/mol.